The maximum Gasteiger partial charge on any atom is 1.00 e. The van der Waals surface area contributed by atoms with Gasteiger partial charge in [0.15, 0.2) is 0 Å². The van der Waals surface area contributed by atoms with Crippen LogP contribution in [0.5, 0.6) is 0 Å². The number of aryl methyl sites for hydroxylation is 1. The molecule has 0 radical (unpaired) electrons. The van der Waals surface area contributed by atoms with Crippen LogP contribution < -0.4 is 112 Å². The second-order valence-corrected chi connectivity index (χ2v) is 7.61. The van der Waals surface area contributed by atoms with Crippen molar-refractivity contribution in [2.75, 3.05) is 18.3 Å². The number of rotatable bonds is 9. The maximum atomic E-state index is 12.1. The molecule has 0 saturated carbocycles. The first-order chi connectivity index (χ1) is 13.3. The molecule has 0 bridgehead atoms. The second-order valence-electron chi connectivity index (χ2n) is 5.81. The third-order valence-electron chi connectivity index (χ3n) is 3.78. The van der Waals surface area contributed by atoms with Gasteiger partial charge >= 0.3 is 109 Å². The summed E-state index contributed by atoms with van der Waals surface area (Å²) in [5.74, 6) is 0.00621. The number of carbonyl (C=O) groups is 1. The predicted molar refractivity (Wildman–Crippen MR) is 102 cm³/mol. The zero-order chi connectivity index (χ0) is 21.0. The molecule has 0 heterocycles. The largest absolute Gasteiger partial charge is 1.00 e. The first-order valence-corrected chi connectivity index (χ1v) is 9.97. The molecule has 2 rings (SSSR count). The Morgan fingerprint density at radius 1 is 1.10 bits per heavy atom. The van der Waals surface area contributed by atoms with Crippen LogP contribution in [0.25, 0.3) is 0 Å². The third-order valence-corrected chi connectivity index (χ3v) is 5.25. The van der Waals surface area contributed by atoms with Crippen LogP contribution in [0.15, 0.2) is 54.6 Å². The normalized spacial score (nSPS) is 11.3. The van der Waals surface area contributed by atoms with Crippen LogP contribution >= 0.6 is 7.75 Å². The zero-order valence-corrected chi connectivity index (χ0v) is 24.9. The summed E-state index contributed by atoms with van der Waals surface area (Å²) < 4.78 is 18.3. The first-order valence-electron chi connectivity index (χ1n) is 8.47. The molecule has 0 aliphatic rings. The number of nitrogens with zero attached hydrogens (tertiary/aromatic N) is 1. The molecule has 1 unspecified atom stereocenters. The van der Waals surface area contributed by atoms with E-state index in [2.05, 4.69) is 0 Å². The van der Waals surface area contributed by atoms with Gasteiger partial charge in [0, 0.05) is 24.9 Å². The molecule has 0 fully saturated rings. The average molecular weight is 482 g/mol. The summed E-state index contributed by atoms with van der Waals surface area (Å²) in [5.41, 5.74) is 2.29. The number of hydrogen-bond donors (Lipinski definition) is 0. The molecular formula is C20H22K2NO6P. The van der Waals surface area contributed by atoms with Gasteiger partial charge in [0.1, 0.15) is 5.78 Å². The van der Waals surface area contributed by atoms with Crippen molar-refractivity contribution in [3.05, 3.63) is 72.1 Å². The van der Waals surface area contributed by atoms with Crippen LogP contribution in [0.2, 0.25) is 0 Å². The van der Waals surface area contributed by atoms with Crippen LogP contribution in [0.1, 0.15) is 28.8 Å². The van der Waals surface area contributed by atoms with Crippen LogP contribution in [0.3, 0.4) is 0 Å². The molecule has 150 valence electrons. The van der Waals surface area contributed by atoms with Crippen LogP contribution in [-0.2, 0) is 18.7 Å². The van der Waals surface area contributed by atoms with E-state index >= 15 is 0 Å². The van der Waals surface area contributed by atoms with Gasteiger partial charge in [-0.25, -0.2) is 0 Å². The molecule has 1 atom stereocenters. The van der Waals surface area contributed by atoms with Crippen LogP contribution in [0.4, 0.5) is 5.69 Å². The number of hydrogen-bond acceptors (Lipinski definition) is 6. The monoisotopic (exact) mass is 481 g/mol. The van der Waals surface area contributed by atoms with Gasteiger partial charge in [-0.3, -0.25) is 9.36 Å². The van der Waals surface area contributed by atoms with Crippen molar-refractivity contribution in [1.82, 2.24) is 0 Å². The Bertz CT molecular complexity index is 827. The number of Topliss-reactive ketones (excluding diaryl/α,β-unsaturated/α-hetero) is 1. The maximum absolute atomic E-state index is 12.1. The zero-order valence-electron chi connectivity index (χ0n) is 17.7. The van der Waals surface area contributed by atoms with E-state index in [-0.39, 0.29) is 128 Å². The number of benzene rings is 2. The van der Waals surface area contributed by atoms with Crippen molar-refractivity contribution in [2.45, 2.75) is 19.8 Å². The number of unbranched alkanes of at least 4 members (excludes halogenated alkanes) is 1. The smallest absolute Gasteiger partial charge is 0.761 e. The Morgan fingerprint density at radius 3 is 2.17 bits per heavy atom. The Morgan fingerprint density at radius 2 is 1.63 bits per heavy atom. The van der Waals surface area contributed by atoms with E-state index in [0.717, 1.165) is 10.2 Å². The molecule has 0 aromatic heterocycles. The van der Waals surface area contributed by atoms with Crippen molar-refractivity contribution in [2.24, 2.45) is 0 Å². The van der Waals surface area contributed by atoms with Crippen LogP contribution in [0, 0.1) is 13.3 Å². The Balaban J connectivity index is 0. The Kier molecular flexibility index (Phi) is 19.9. The van der Waals surface area contributed by atoms with Gasteiger partial charge in [0.2, 0.25) is 7.75 Å². The number of para-hydroxylation sites is 1. The van der Waals surface area contributed by atoms with Gasteiger partial charge in [-0.15, -0.1) is 6.42 Å². The second kappa shape index (κ2) is 18.2. The fourth-order valence-corrected chi connectivity index (χ4v) is 3.14. The number of anilines is 1. The minimum absolute atomic E-state index is 0. The van der Waals surface area contributed by atoms with E-state index < -0.39 is 7.75 Å². The first kappa shape index (κ1) is 32.9. The predicted octanol–water partition coefficient (Wildman–Crippen LogP) is -2.79. The summed E-state index contributed by atoms with van der Waals surface area (Å²) in [4.78, 5) is 40.4. The molecule has 30 heavy (non-hydrogen) atoms. The average Bonchev–Trinajstić information content (AvgIpc) is 2.68. The van der Waals surface area contributed by atoms with E-state index in [1.165, 1.54) is 7.05 Å². The molecule has 0 amide bonds. The molecule has 0 aliphatic carbocycles. The van der Waals surface area contributed by atoms with Gasteiger partial charge in [0.05, 0.1) is 0 Å². The Hall–Kier alpha value is 0.713. The van der Waals surface area contributed by atoms with Gasteiger partial charge in [0.25, 0.3) is 0 Å². The minimum atomic E-state index is -4.15. The van der Waals surface area contributed by atoms with Crippen LogP contribution in [-0.4, -0.2) is 25.6 Å². The minimum Gasteiger partial charge on any atom is -0.761 e. The van der Waals surface area contributed by atoms with Crippen molar-refractivity contribution in [1.29, 1.82) is 0 Å². The topological polar surface area (TPSA) is 104 Å². The van der Waals surface area contributed by atoms with Crippen molar-refractivity contribution >= 4 is 25.4 Å². The SMILES string of the molecule is Cc1ccc(C(=O)C[CH-]CCOP(=O)([O-])N(C)c2ccccc2)cc1.O=C=O.[K+].[K+]. The molecule has 2 aromatic rings. The molecule has 0 aliphatic heterocycles. The molecule has 0 N–H and O–H groups in total. The summed E-state index contributed by atoms with van der Waals surface area (Å²) in [6.07, 6.45) is 2.63. The number of ketones is 1. The quantitative estimate of drug-likeness (QED) is 0.125. The summed E-state index contributed by atoms with van der Waals surface area (Å²) >= 11 is 0. The number of carbonyl (C=O) groups excluding carboxylic acids is 3. The van der Waals surface area contributed by atoms with Crippen molar-refractivity contribution < 1.29 is 131 Å². The Labute approximate surface area is 262 Å². The van der Waals surface area contributed by atoms with E-state index in [0.29, 0.717) is 17.7 Å². The molecule has 10 heteroatoms. The molecule has 7 nitrogen and oxygen atoms in total. The molecular weight excluding hydrogens is 459 g/mol. The summed E-state index contributed by atoms with van der Waals surface area (Å²) in [5, 5.41) is 0. The fraction of sp³-hybridized carbons (Fsp3) is 0.250. The van der Waals surface area contributed by atoms with Gasteiger partial charge in [-0.1, -0.05) is 48.0 Å². The summed E-state index contributed by atoms with van der Waals surface area (Å²) in [6, 6.07) is 16.1. The molecule has 0 saturated heterocycles. The van der Waals surface area contributed by atoms with Crippen molar-refractivity contribution in [3.63, 3.8) is 0 Å². The van der Waals surface area contributed by atoms with E-state index in [9.17, 15) is 14.3 Å². The molecule has 0 spiro atoms. The van der Waals surface area contributed by atoms with E-state index in [1.807, 2.05) is 25.1 Å². The fourth-order valence-electron chi connectivity index (χ4n) is 2.21. The molecule has 2 aromatic carbocycles. The summed E-state index contributed by atoms with van der Waals surface area (Å²) in [6.45, 7) is 1.98. The van der Waals surface area contributed by atoms with Gasteiger partial charge < -0.3 is 20.5 Å². The summed E-state index contributed by atoms with van der Waals surface area (Å²) in [7, 11) is -2.70. The van der Waals surface area contributed by atoms with Gasteiger partial charge in [-0.05, 0) is 19.1 Å². The van der Waals surface area contributed by atoms with Gasteiger partial charge in [-0.2, -0.15) is 16.0 Å². The standard InChI is InChI=1S/C19H23NO4P.CO2.2K/c1-16-11-13-17(14-12-16)19(21)10-6-7-15-24-25(22,23)20(2)18-8-4-3-5-9-18;2-1-3;;/h3-6,8-9,11-14H,7,10,15H2,1-2H3,(H,22,23);;;/q-1;;2*+1/p-1. The van der Waals surface area contributed by atoms with E-state index in [1.54, 1.807) is 42.8 Å². The van der Waals surface area contributed by atoms with E-state index in [4.69, 9.17) is 14.1 Å². The third kappa shape index (κ3) is 12.7. The van der Waals surface area contributed by atoms with Crippen molar-refractivity contribution in [3.8, 4) is 0 Å².